The molecule has 0 heterocycles. The van der Waals surface area contributed by atoms with Gasteiger partial charge in [0.05, 0.1) is 27.4 Å². The molecule has 0 bridgehead atoms. The molecule has 0 saturated carbocycles. The molecule has 0 fully saturated rings. The van der Waals surface area contributed by atoms with E-state index < -0.39 is 10.9 Å². The molecule has 3 rings (SSSR count). The van der Waals surface area contributed by atoms with Crippen LogP contribution in [0.15, 0.2) is 66.7 Å². The second kappa shape index (κ2) is 14.0. The molecule has 8 nitrogen and oxygen atoms in total. The number of nitrogens with one attached hydrogen (secondary N) is 1. The van der Waals surface area contributed by atoms with Gasteiger partial charge < -0.3 is 14.8 Å². The first-order valence-corrected chi connectivity index (χ1v) is 13.7. The molecule has 0 aliphatic heterocycles. The van der Waals surface area contributed by atoms with Gasteiger partial charge in [-0.3, -0.25) is 14.9 Å². The smallest absolute Gasteiger partial charge is 0.345 e. The first-order chi connectivity index (χ1) is 18.6. The number of ether oxygens (including phenoxy) is 2. The summed E-state index contributed by atoms with van der Waals surface area (Å²) in [5.41, 5.74) is 0.0513. The Morgan fingerprint density at radius 3 is 2.12 bits per heavy atom. The van der Waals surface area contributed by atoms with Gasteiger partial charge in [0.1, 0.15) is 17.1 Å². The third-order valence-corrected chi connectivity index (χ3v) is 7.93. The molecular weight excluding hydrogens is 623 g/mol. The van der Waals surface area contributed by atoms with Gasteiger partial charge in [0, 0.05) is 17.2 Å². The molecule has 0 aliphatic rings. The minimum absolute atomic E-state index is 0.0244. The van der Waals surface area contributed by atoms with Crippen molar-refractivity contribution in [3.63, 3.8) is 0 Å². The van der Waals surface area contributed by atoms with Crippen molar-refractivity contribution in [1.29, 1.82) is 0 Å². The van der Waals surface area contributed by atoms with Crippen LogP contribution < -0.4 is 10.1 Å². The Hall–Kier alpha value is -3.14. The van der Waals surface area contributed by atoms with Crippen molar-refractivity contribution < 1.29 is 24.0 Å². The van der Waals surface area contributed by atoms with E-state index in [1.54, 1.807) is 12.1 Å². The summed E-state index contributed by atoms with van der Waals surface area (Å²) in [5.74, 6) is -0.304. The van der Waals surface area contributed by atoms with E-state index in [2.05, 4.69) is 26.0 Å². The van der Waals surface area contributed by atoms with Crippen LogP contribution in [-0.4, -0.2) is 28.7 Å². The Morgan fingerprint density at radius 2 is 1.60 bits per heavy atom. The maximum Gasteiger partial charge on any atom is 0.345 e. The van der Waals surface area contributed by atoms with Crippen LogP contribution in [0.5, 0.6) is 11.5 Å². The Bertz CT molecular complexity index is 1360. The second-order valence-electron chi connectivity index (χ2n) is 10.3. The van der Waals surface area contributed by atoms with Crippen molar-refractivity contribution in [2.75, 3.05) is 7.11 Å². The average molecular weight is 654 g/mol. The quantitative estimate of drug-likeness (QED) is 0.119. The Balaban J connectivity index is 0.000000286. The van der Waals surface area contributed by atoms with Crippen molar-refractivity contribution in [3.05, 3.63) is 98.0 Å². The highest BCUT2D eigenvalue weighted by Gasteiger charge is 2.32. The van der Waals surface area contributed by atoms with Gasteiger partial charge in [-0.05, 0) is 49.1 Å². The molecule has 1 amide bonds. The number of hydrogen-bond acceptors (Lipinski definition) is 6. The minimum atomic E-state index is -0.834. The van der Waals surface area contributed by atoms with Crippen LogP contribution in [-0.2, 0) is 15.1 Å². The monoisotopic (exact) mass is 652 g/mol. The summed E-state index contributed by atoms with van der Waals surface area (Å²) in [6.45, 7) is 10.2. The number of esters is 1. The van der Waals surface area contributed by atoms with Gasteiger partial charge in [-0.1, -0.05) is 90.2 Å². The van der Waals surface area contributed by atoms with Gasteiger partial charge in [0.15, 0.2) is 0 Å². The molecule has 0 spiro atoms. The van der Waals surface area contributed by atoms with E-state index in [4.69, 9.17) is 27.9 Å². The molecule has 1 atom stereocenters. The molecule has 0 saturated heterocycles. The lowest BCUT2D eigenvalue weighted by Crippen LogP contribution is -2.47. The normalized spacial score (nSPS) is 11.9. The average Bonchev–Trinajstić information content (AvgIpc) is 2.89. The zero-order valence-electron chi connectivity index (χ0n) is 23.0. The van der Waals surface area contributed by atoms with Gasteiger partial charge >= 0.3 is 5.97 Å². The van der Waals surface area contributed by atoms with E-state index in [-0.39, 0.29) is 43.7 Å². The molecule has 3 aromatic carbocycles. The van der Waals surface area contributed by atoms with Gasteiger partial charge in [-0.15, -0.1) is 0 Å². The highest BCUT2D eigenvalue weighted by Crippen LogP contribution is 2.34. The first-order valence-electron chi connectivity index (χ1n) is 12.1. The van der Waals surface area contributed by atoms with E-state index in [0.29, 0.717) is 10.8 Å². The number of methoxy groups -OCH3 is 1. The maximum absolute atomic E-state index is 12.2. The molecule has 214 valence electrons. The number of alkyl halides is 1. The first kappa shape index (κ1) is 33.1. The van der Waals surface area contributed by atoms with Crippen LogP contribution in [0.25, 0.3) is 0 Å². The standard InChI is InChI=1S/C15H22BrNO.C14H9Cl2NO5/c1-14(2,3)12(16)13(18)17-15(4,5)11-9-7-6-8-10-11;1-21-14(18)10-7-9(3-4-12(10)17(19)20)22-13-5-2-8(15)6-11(13)16/h6-10,12H,1-5H3,(H,17,18);2-7H,1H3. The van der Waals surface area contributed by atoms with Crippen molar-refractivity contribution in [2.45, 2.75) is 45.0 Å². The summed E-state index contributed by atoms with van der Waals surface area (Å²) in [6.07, 6.45) is 0. The van der Waals surface area contributed by atoms with Gasteiger partial charge in [-0.2, -0.15) is 0 Å². The van der Waals surface area contributed by atoms with Gasteiger partial charge in [0.2, 0.25) is 5.91 Å². The van der Waals surface area contributed by atoms with Crippen LogP contribution >= 0.6 is 39.1 Å². The van der Waals surface area contributed by atoms with Crippen molar-refractivity contribution in [2.24, 2.45) is 5.41 Å². The molecule has 0 radical (unpaired) electrons. The Kier molecular flexibility index (Phi) is 11.5. The third-order valence-electron chi connectivity index (χ3n) is 5.61. The van der Waals surface area contributed by atoms with E-state index in [0.717, 1.165) is 18.7 Å². The summed E-state index contributed by atoms with van der Waals surface area (Å²) in [7, 11) is 1.13. The second-order valence-corrected chi connectivity index (χ2v) is 12.1. The number of nitrogens with zero attached hydrogens (tertiary/aromatic N) is 1. The lowest BCUT2D eigenvalue weighted by molar-refractivity contribution is -0.385. The van der Waals surface area contributed by atoms with Crippen LogP contribution in [0.1, 0.15) is 50.5 Å². The van der Waals surface area contributed by atoms with E-state index >= 15 is 0 Å². The fourth-order valence-electron chi connectivity index (χ4n) is 3.39. The topological polar surface area (TPSA) is 108 Å². The Labute approximate surface area is 252 Å². The van der Waals surface area contributed by atoms with E-state index in [1.807, 2.05) is 65.0 Å². The highest BCUT2D eigenvalue weighted by atomic mass is 79.9. The number of rotatable bonds is 7. The van der Waals surface area contributed by atoms with E-state index in [9.17, 15) is 19.7 Å². The van der Waals surface area contributed by atoms with Gasteiger partial charge in [-0.25, -0.2) is 4.79 Å². The fourth-order valence-corrected chi connectivity index (χ4v) is 3.95. The SMILES string of the molecule is CC(C)(NC(=O)C(Br)C(C)(C)C)c1ccccc1.COC(=O)c1cc(Oc2ccc(Cl)cc2Cl)ccc1[N+](=O)[O-]. The number of nitro groups is 1. The number of carbonyl (C=O) groups is 2. The number of nitro benzene ring substituents is 1. The van der Waals surface area contributed by atoms with Crippen LogP contribution in [0, 0.1) is 15.5 Å². The van der Waals surface area contributed by atoms with Crippen LogP contribution in [0.2, 0.25) is 10.0 Å². The summed E-state index contributed by atoms with van der Waals surface area (Å²) in [5, 5.41) is 14.7. The fraction of sp³-hybridized carbons (Fsp3) is 0.310. The number of amides is 1. The van der Waals surface area contributed by atoms with Gasteiger partial charge in [0.25, 0.3) is 5.69 Å². The predicted molar refractivity (Wildman–Crippen MR) is 161 cm³/mol. The lowest BCUT2D eigenvalue weighted by atomic mass is 9.89. The molecule has 11 heteroatoms. The van der Waals surface area contributed by atoms with Crippen molar-refractivity contribution >= 4 is 56.7 Å². The molecule has 40 heavy (non-hydrogen) atoms. The molecular formula is C29H31BrCl2N2O6. The molecule has 1 N–H and O–H groups in total. The van der Waals surface area contributed by atoms with Crippen molar-refractivity contribution in [1.82, 2.24) is 5.32 Å². The molecule has 0 aromatic heterocycles. The number of carbonyl (C=O) groups excluding carboxylic acids is 2. The summed E-state index contributed by atoms with van der Waals surface area (Å²) in [6, 6.07) is 18.3. The largest absolute Gasteiger partial charge is 0.465 e. The summed E-state index contributed by atoms with van der Waals surface area (Å²) >= 11 is 15.2. The van der Waals surface area contributed by atoms with Crippen LogP contribution in [0.4, 0.5) is 5.69 Å². The predicted octanol–water partition coefficient (Wildman–Crippen LogP) is 8.33. The molecule has 3 aromatic rings. The number of benzene rings is 3. The molecule has 0 aliphatic carbocycles. The Morgan fingerprint density at radius 1 is 0.975 bits per heavy atom. The summed E-state index contributed by atoms with van der Waals surface area (Å²) in [4.78, 5) is 33.9. The lowest BCUT2D eigenvalue weighted by Gasteiger charge is -2.31. The number of hydrogen-bond donors (Lipinski definition) is 1. The minimum Gasteiger partial charge on any atom is -0.465 e. The van der Waals surface area contributed by atoms with Crippen LogP contribution in [0.3, 0.4) is 0 Å². The van der Waals surface area contributed by atoms with E-state index in [1.165, 1.54) is 18.2 Å². The molecule has 1 unspecified atom stereocenters. The maximum atomic E-state index is 12.2. The number of halogens is 3. The third kappa shape index (κ3) is 9.21. The zero-order chi connectivity index (χ0) is 30.3. The zero-order valence-corrected chi connectivity index (χ0v) is 26.1. The summed E-state index contributed by atoms with van der Waals surface area (Å²) < 4.78 is 10.0. The highest BCUT2D eigenvalue weighted by molar-refractivity contribution is 9.10. The van der Waals surface area contributed by atoms with Crippen molar-refractivity contribution in [3.8, 4) is 11.5 Å².